The molecule has 2 aromatic carbocycles. The lowest BCUT2D eigenvalue weighted by molar-refractivity contribution is 0.0990. The maximum absolute atomic E-state index is 12.4. The Morgan fingerprint density at radius 1 is 0.913 bits per heavy atom. The molecule has 0 aliphatic heterocycles. The summed E-state index contributed by atoms with van der Waals surface area (Å²) in [5.41, 5.74) is 3.56. The Hall–Kier alpha value is -2.68. The topological polar surface area (TPSA) is 54.4 Å². The van der Waals surface area contributed by atoms with Crippen molar-refractivity contribution in [3.63, 3.8) is 0 Å². The van der Waals surface area contributed by atoms with E-state index in [1.807, 2.05) is 26.0 Å². The van der Waals surface area contributed by atoms with Gasteiger partial charge in [0.25, 0.3) is 0 Å². The van der Waals surface area contributed by atoms with Gasteiger partial charge in [-0.1, -0.05) is 38.1 Å². The number of aromatic hydroxyl groups is 1. The van der Waals surface area contributed by atoms with Crippen molar-refractivity contribution < 1.29 is 14.7 Å². The molecular weight excluding hydrogens is 288 g/mol. The molecule has 3 nitrogen and oxygen atoms in total. The summed E-state index contributed by atoms with van der Waals surface area (Å²) in [4.78, 5) is 24.9. The number of rotatable bonds is 3. The third kappa shape index (κ3) is 2.48. The standard InChI is InChI=1S/C20H18O3/c1-3-13-9-12(10-14(4-2)18(13)21)11-17-19(22)15-7-5-6-8-16(15)20(17)23/h5-11,21H,3-4H2,1-2H3. The number of hydrogen-bond donors (Lipinski definition) is 1. The minimum atomic E-state index is -0.227. The van der Waals surface area contributed by atoms with Crippen LogP contribution >= 0.6 is 0 Å². The van der Waals surface area contributed by atoms with Crippen LogP contribution in [0.4, 0.5) is 0 Å². The van der Waals surface area contributed by atoms with Gasteiger partial charge in [0, 0.05) is 11.1 Å². The molecule has 0 saturated carbocycles. The molecule has 0 radical (unpaired) electrons. The van der Waals surface area contributed by atoms with Crippen LogP contribution in [0.1, 0.15) is 51.3 Å². The highest BCUT2D eigenvalue weighted by molar-refractivity contribution is 6.41. The van der Waals surface area contributed by atoms with Gasteiger partial charge in [-0.25, -0.2) is 0 Å². The molecule has 0 fully saturated rings. The quantitative estimate of drug-likeness (QED) is 0.689. The van der Waals surface area contributed by atoms with Gasteiger partial charge in [0.15, 0.2) is 11.6 Å². The maximum Gasteiger partial charge on any atom is 0.197 e. The summed E-state index contributed by atoms with van der Waals surface area (Å²) in [6.45, 7) is 3.93. The molecule has 2 aromatic rings. The zero-order valence-electron chi connectivity index (χ0n) is 13.2. The van der Waals surface area contributed by atoms with E-state index in [1.165, 1.54) is 0 Å². The van der Waals surface area contributed by atoms with E-state index in [-0.39, 0.29) is 17.1 Å². The predicted molar refractivity (Wildman–Crippen MR) is 89.9 cm³/mol. The summed E-state index contributed by atoms with van der Waals surface area (Å²) >= 11 is 0. The molecule has 1 aliphatic rings. The van der Waals surface area contributed by atoms with Gasteiger partial charge < -0.3 is 5.11 Å². The molecule has 116 valence electrons. The van der Waals surface area contributed by atoms with Crippen molar-refractivity contribution in [1.29, 1.82) is 0 Å². The number of fused-ring (bicyclic) bond motifs is 1. The number of phenolic OH excluding ortho intramolecular Hbond substituents is 1. The zero-order chi connectivity index (χ0) is 16.6. The zero-order valence-corrected chi connectivity index (χ0v) is 13.2. The molecule has 3 rings (SSSR count). The summed E-state index contributed by atoms with van der Waals surface area (Å²) in [5.74, 6) is -0.144. The number of phenols is 1. The third-order valence-electron chi connectivity index (χ3n) is 4.27. The van der Waals surface area contributed by atoms with Crippen molar-refractivity contribution >= 4 is 17.6 Å². The first-order valence-corrected chi connectivity index (χ1v) is 7.81. The second-order valence-corrected chi connectivity index (χ2v) is 5.66. The molecule has 0 spiro atoms. The van der Waals surface area contributed by atoms with Crippen LogP contribution in [0, 0.1) is 0 Å². The van der Waals surface area contributed by atoms with E-state index in [9.17, 15) is 14.7 Å². The highest BCUT2D eigenvalue weighted by Crippen LogP contribution is 2.30. The first-order valence-electron chi connectivity index (χ1n) is 7.81. The van der Waals surface area contributed by atoms with Crippen LogP contribution < -0.4 is 0 Å². The SMILES string of the molecule is CCc1cc(C=C2C(=O)c3ccccc3C2=O)cc(CC)c1O. The van der Waals surface area contributed by atoms with Crippen molar-refractivity contribution in [1.82, 2.24) is 0 Å². The average Bonchev–Trinajstić information content (AvgIpc) is 2.81. The van der Waals surface area contributed by atoms with E-state index in [1.54, 1.807) is 30.3 Å². The minimum absolute atomic E-state index is 0.195. The number of allylic oxidation sites excluding steroid dienone is 1. The number of aryl methyl sites for hydroxylation is 2. The van der Waals surface area contributed by atoms with Crippen molar-refractivity contribution in [2.45, 2.75) is 26.7 Å². The number of carbonyl (C=O) groups is 2. The molecule has 0 saturated heterocycles. The maximum atomic E-state index is 12.4. The molecule has 0 heterocycles. The first kappa shape index (κ1) is 15.2. The number of carbonyl (C=O) groups excluding carboxylic acids is 2. The van der Waals surface area contributed by atoms with E-state index in [4.69, 9.17) is 0 Å². The Balaban J connectivity index is 2.10. The molecular formula is C20H18O3. The molecule has 0 atom stereocenters. The van der Waals surface area contributed by atoms with Gasteiger partial charge in [0.05, 0.1) is 5.57 Å². The van der Waals surface area contributed by atoms with E-state index >= 15 is 0 Å². The van der Waals surface area contributed by atoms with Gasteiger partial charge in [-0.15, -0.1) is 0 Å². The summed E-state index contributed by atoms with van der Waals surface area (Å²) in [6, 6.07) is 10.6. The van der Waals surface area contributed by atoms with Crippen molar-refractivity contribution in [2.75, 3.05) is 0 Å². The van der Waals surface area contributed by atoms with Gasteiger partial charge in [0.2, 0.25) is 0 Å². The Kier molecular flexibility index (Phi) is 3.87. The van der Waals surface area contributed by atoms with Crippen LogP contribution in [-0.4, -0.2) is 16.7 Å². The van der Waals surface area contributed by atoms with Crippen LogP contribution in [0.2, 0.25) is 0 Å². The van der Waals surface area contributed by atoms with Gasteiger partial charge in [-0.3, -0.25) is 9.59 Å². The molecule has 0 unspecified atom stereocenters. The van der Waals surface area contributed by atoms with Gasteiger partial charge in [0.1, 0.15) is 5.75 Å². The monoisotopic (exact) mass is 306 g/mol. The summed E-state index contributed by atoms with van der Waals surface area (Å²) in [6.07, 6.45) is 3.03. The van der Waals surface area contributed by atoms with E-state index in [2.05, 4.69) is 0 Å². The van der Waals surface area contributed by atoms with Crippen LogP contribution in [0.3, 0.4) is 0 Å². The molecule has 0 aromatic heterocycles. The third-order valence-corrected chi connectivity index (χ3v) is 4.27. The number of hydrogen-bond acceptors (Lipinski definition) is 3. The first-order chi connectivity index (χ1) is 11.1. The predicted octanol–water partition coefficient (Wildman–Crippen LogP) is 3.98. The van der Waals surface area contributed by atoms with Crippen LogP contribution in [0.25, 0.3) is 6.08 Å². The van der Waals surface area contributed by atoms with Crippen LogP contribution in [-0.2, 0) is 12.8 Å². The van der Waals surface area contributed by atoms with Crippen molar-refractivity contribution in [3.8, 4) is 5.75 Å². The molecule has 23 heavy (non-hydrogen) atoms. The Bertz CT molecular complexity index is 782. The van der Waals surface area contributed by atoms with Crippen LogP contribution in [0.15, 0.2) is 42.0 Å². The summed E-state index contributed by atoms with van der Waals surface area (Å²) < 4.78 is 0. The average molecular weight is 306 g/mol. The second-order valence-electron chi connectivity index (χ2n) is 5.66. The Labute approximate surface area is 135 Å². The fourth-order valence-corrected chi connectivity index (χ4v) is 2.98. The van der Waals surface area contributed by atoms with E-state index in [0.29, 0.717) is 29.7 Å². The Morgan fingerprint density at radius 2 is 1.39 bits per heavy atom. The Morgan fingerprint density at radius 3 is 1.83 bits per heavy atom. The number of benzene rings is 2. The second kappa shape index (κ2) is 5.84. The summed E-state index contributed by atoms with van der Waals surface area (Å²) in [7, 11) is 0. The minimum Gasteiger partial charge on any atom is -0.507 e. The lowest BCUT2D eigenvalue weighted by Crippen LogP contribution is -2.01. The highest BCUT2D eigenvalue weighted by Gasteiger charge is 2.32. The fourth-order valence-electron chi connectivity index (χ4n) is 2.98. The van der Waals surface area contributed by atoms with E-state index < -0.39 is 0 Å². The lowest BCUT2D eigenvalue weighted by atomic mass is 9.98. The lowest BCUT2D eigenvalue weighted by Gasteiger charge is -2.09. The van der Waals surface area contributed by atoms with Gasteiger partial charge in [-0.2, -0.15) is 0 Å². The normalized spacial score (nSPS) is 13.4. The molecule has 0 amide bonds. The van der Waals surface area contributed by atoms with E-state index in [0.717, 1.165) is 16.7 Å². The summed E-state index contributed by atoms with van der Waals surface area (Å²) in [5, 5.41) is 10.2. The van der Waals surface area contributed by atoms with Crippen molar-refractivity contribution in [2.24, 2.45) is 0 Å². The van der Waals surface area contributed by atoms with Gasteiger partial charge in [-0.05, 0) is 47.7 Å². The number of Topliss-reactive ketones (excluding diaryl/α,β-unsaturated/α-hetero) is 2. The van der Waals surface area contributed by atoms with Crippen LogP contribution in [0.5, 0.6) is 5.75 Å². The highest BCUT2D eigenvalue weighted by atomic mass is 16.3. The largest absolute Gasteiger partial charge is 0.507 e. The molecule has 1 aliphatic carbocycles. The molecule has 0 bridgehead atoms. The molecule has 1 N–H and O–H groups in total. The molecule has 3 heteroatoms. The van der Waals surface area contributed by atoms with Crippen molar-refractivity contribution in [3.05, 3.63) is 69.8 Å². The fraction of sp³-hybridized carbons (Fsp3) is 0.200. The number of ketones is 2. The van der Waals surface area contributed by atoms with Gasteiger partial charge >= 0.3 is 0 Å². The smallest absolute Gasteiger partial charge is 0.197 e.